The van der Waals surface area contributed by atoms with E-state index in [1.54, 1.807) is 19.2 Å². The van der Waals surface area contributed by atoms with Gasteiger partial charge in [-0.3, -0.25) is 0 Å². The Morgan fingerprint density at radius 2 is 1.65 bits per heavy atom. The molecule has 0 saturated carbocycles. The summed E-state index contributed by atoms with van der Waals surface area (Å²) in [7, 11) is 1.67. The van der Waals surface area contributed by atoms with Crippen molar-refractivity contribution in [3.8, 4) is 16.9 Å². The molecule has 0 saturated heterocycles. The second-order valence-electron chi connectivity index (χ2n) is 8.18. The van der Waals surface area contributed by atoms with E-state index in [9.17, 15) is 9.90 Å². The van der Waals surface area contributed by atoms with Crippen molar-refractivity contribution >= 4 is 40.7 Å². The molecule has 0 fully saturated rings. The van der Waals surface area contributed by atoms with E-state index in [1.807, 2.05) is 36.4 Å². The number of carboxylic acids is 1. The summed E-state index contributed by atoms with van der Waals surface area (Å²) in [6.07, 6.45) is 0. The van der Waals surface area contributed by atoms with Crippen molar-refractivity contribution in [2.75, 3.05) is 7.11 Å². The number of methoxy groups -OCH3 is 1. The average Bonchev–Trinajstić information content (AvgIpc) is 2.83. The maximum absolute atomic E-state index is 11.6. The largest absolute Gasteiger partial charge is 0.497 e. The lowest BCUT2D eigenvalue weighted by Gasteiger charge is -2.22. The topological polar surface area (TPSA) is 58.6 Å². The molecule has 0 bridgehead atoms. The highest BCUT2D eigenvalue weighted by molar-refractivity contribution is 6.33. The van der Waals surface area contributed by atoms with Crippen LogP contribution in [0.4, 0.5) is 0 Å². The zero-order valence-corrected chi connectivity index (χ0v) is 20.8. The van der Waals surface area contributed by atoms with Crippen molar-refractivity contribution in [2.24, 2.45) is 0 Å². The summed E-state index contributed by atoms with van der Waals surface area (Å²) in [6, 6.07) is 25.8. The second kappa shape index (κ2) is 10.9. The Morgan fingerprint density at radius 1 is 0.912 bits per heavy atom. The number of rotatable bonds is 7. The van der Waals surface area contributed by atoms with Crippen LogP contribution >= 0.6 is 24.0 Å². The van der Waals surface area contributed by atoms with E-state index in [0.717, 1.165) is 38.8 Å². The first-order valence-corrected chi connectivity index (χ1v) is 11.2. The van der Waals surface area contributed by atoms with E-state index in [1.165, 1.54) is 0 Å². The fraction of sp³-hybridized carbons (Fsp3) is 0.179. The summed E-state index contributed by atoms with van der Waals surface area (Å²) < 4.78 is 5.36. The van der Waals surface area contributed by atoms with Crippen LogP contribution in [-0.2, 0) is 0 Å². The number of carbonyl (C=O) groups is 1. The molecule has 1 unspecified atom stereocenters. The number of benzene rings is 4. The molecule has 0 spiro atoms. The van der Waals surface area contributed by atoms with Gasteiger partial charge in [0.1, 0.15) is 5.75 Å². The minimum atomic E-state index is -1.04. The van der Waals surface area contributed by atoms with E-state index in [4.69, 9.17) is 16.3 Å². The number of ether oxygens (including phenoxy) is 1. The molecule has 0 aliphatic heterocycles. The molecule has 0 radical (unpaired) electrons. The molecule has 4 aromatic carbocycles. The van der Waals surface area contributed by atoms with Crippen molar-refractivity contribution in [3.05, 3.63) is 101 Å². The monoisotopic (exact) mass is 495 g/mol. The molecule has 2 N–H and O–H groups in total. The van der Waals surface area contributed by atoms with E-state index in [-0.39, 0.29) is 35.1 Å². The minimum Gasteiger partial charge on any atom is -0.497 e. The van der Waals surface area contributed by atoms with Crippen LogP contribution in [0.1, 0.15) is 47.4 Å². The Kier molecular flexibility index (Phi) is 8.21. The highest BCUT2D eigenvalue weighted by atomic mass is 35.5. The lowest BCUT2D eigenvalue weighted by atomic mass is 9.92. The molecular weight excluding hydrogens is 469 g/mol. The molecule has 2 atom stereocenters. The summed E-state index contributed by atoms with van der Waals surface area (Å²) in [6.45, 7) is 4.26. The highest BCUT2D eigenvalue weighted by Crippen LogP contribution is 2.34. The van der Waals surface area contributed by atoms with Crippen molar-refractivity contribution in [3.63, 3.8) is 0 Å². The quantitative estimate of drug-likeness (QED) is 0.275. The molecule has 6 heteroatoms. The van der Waals surface area contributed by atoms with Gasteiger partial charge in [0, 0.05) is 12.1 Å². The Bertz CT molecular complexity index is 1320. The number of carboxylic acid groups (broad SMARTS) is 1. The third-order valence-electron chi connectivity index (χ3n) is 5.99. The molecule has 4 rings (SSSR count). The first-order valence-electron chi connectivity index (χ1n) is 10.8. The maximum Gasteiger partial charge on any atom is 0.337 e. The van der Waals surface area contributed by atoms with Gasteiger partial charge < -0.3 is 15.2 Å². The second-order valence-corrected chi connectivity index (χ2v) is 8.58. The van der Waals surface area contributed by atoms with Crippen LogP contribution in [0.25, 0.3) is 21.9 Å². The van der Waals surface area contributed by atoms with Crippen molar-refractivity contribution in [2.45, 2.75) is 25.9 Å². The first kappa shape index (κ1) is 25.6. The summed E-state index contributed by atoms with van der Waals surface area (Å²) in [5.41, 5.74) is 4.16. The number of hydrogen-bond donors (Lipinski definition) is 2. The molecule has 34 heavy (non-hydrogen) atoms. The first-order chi connectivity index (χ1) is 15.9. The zero-order valence-electron chi connectivity index (χ0n) is 19.2. The normalized spacial score (nSPS) is 12.6. The molecule has 176 valence electrons. The molecule has 0 amide bonds. The molecule has 0 aliphatic rings. The van der Waals surface area contributed by atoms with Crippen LogP contribution < -0.4 is 10.1 Å². The molecular formula is C28H27Cl2NO3. The summed E-state index contributed by atoms with van der Waals surface area (Å²) in [4.78, 5) is 11.6. The van der Waals surface area contributed by atoms with E-state index < -0.39 is 5.97 Å². The number of nitrogens with one attached hydrogen (secondary N) is 1. The van der Waals surface area contributed by atoms with Gasteiger partial charge in [0.2, 0.25) is 0 Å². The van der Waals surface area contributed by atoms with Crippen LogP contribution in [-0.4, -0.2) is 18.2 Å². The third kappa shape index (κ3) is 5.36. The van der Waals surface area contributed by atoms with Gasteiger partial charge in [-0.1, -0.05) is 54.1 Å². The molecule has 0 aromatic heterocycles. The Hall–Kier alpha value is -3.05. The molecule has 4 aromatic rings. The van der Waals surface area contributed by atoms with Crippen LogP contribution in [0.5, 0.6) is 5.75 Å². The van der Waals surface area contributed by atoms with E-state index in [2.05, 4.69) is 49.5 Å². The number of aromatic carboxylic acids is 1. The maximum atomic E-state index is 11.6. The molecule has 0 aliphatic carbocycles. The summed E-state index contributed by atoms with van der Waals surface area (Å²) in [5, 5.41) is 15.6. The molecule has 0 heterocycles. The predicted molar refractivity (Wildman–Crippen MR) is 142 cm³/mol. The zero-order chi connectivity index (χ0) is 23.5. The van der Waals surface area contributed by atoms with Crippen molar-refractivity contribution < 1.29 is 14.6 Å². The van der Waals surface area contributed by atoms with Gasteiger partial charge in [0.05, 0.1) is 17.7 Å². The minimum absolute atomic E-state index is 0. The standard InChI is InChI=1S/C28H26ClNO3.ClH/c1-17(19-8-6-9-23(14-19)33-3)30-18(2)22-13-20-7-4-5-10-24(20)25(16-22)21-11-12-27(29)26(15-21)28(31)32;/h4-18,30H,1-3H3,(H,31,32);1H/t17-,18?;/m1./s1. The van der Waals surface area contributed by atoms with Crippen LogP contribution in [0.2, 0.25) is 5.02 Å². The summed E-state index contributed by atoms with van der Waals surface area (Å²) in [5.74, 6) is -0.205. The number of halogens is 2. The fourth-order valence-corrected chi connectivity index (χ4v) is 4.36. The van der Waals surface area contributed by atoms with Gasteiger partial charge in [-0.25, -0.2) is 4.79 Å². The SMILES string of the molecule is COc1cccc([C@@H](C)NC(C)c2cc(-c3ccc(Cl)c(C(=O)O)c3)c3ccccc3c2)c1.Cl. The van der Waals surface area contributed by atoms with Gasteiger partial charge in [0.15, 0.2) is 0 Å². The van der Waals surface area contributed by atoms with E-state index in [0.29, 0.717) is 0 Å². The predicted octanol–water partition coefficient (Wildman–Crippen LogP) is 7.70. The highest BCUT2D eigenvalue weighted by Gasteiger charge is 2.16. The Morgan fingerprint density at radius 3 is 2.38 bits per heavy atom. The smallest absolute Gasteiger partial charge is 0.337 e. The van der Waals surface area contributed by atoms with Gasteiger partial charge in [0.25, 0.3) is 0 Å². The number of fused-ring (bicyclic) bond motifs is 1. The Balaban J connectivity index is 0.00000324. The fourth-order valence-electron chi connectivity index (χ4n) is 4.16. The average molecular weight is 496 g/mol. The van der Waals surface area contributed by atoms with Crippen molar-refractivity contribution in [1.29, 1.82) is 0 Å². The van der Waals surface area contributed by atoms with Gasteiger partial charge >= 0.3 is 5.97 Å². The lowest BCUT2D eigenvalue weighted by Crippen LogP contribution is -2.22. The van der Waals surface area contributed by atoms with Crippen LogP contribution in [0, 0.1) is 0 Å². The Labute approximate surface area is 210 Å². The lowest BCUT2D eigenvalue weighted by molar-refractivity contribution is 0.0697. The van der Waals surface area contributed by atoms with E-state index >= 15 is 0 Å². The van der Waals surface area contributed by atoms with Gasteiger partial charge in [-0.05, 0) is 83.3 Å². The number of hydrogen-bond acceptors (Lipinski definition) is 3. The summed E-state index contributed by atoms with van der Waals surface area (Å²) >= 11 is 6.12. The van der Waals surface area contributed by atoms with Crippen LogP contribution in [0.3, 0.4) is 0 Å². The van der Waals surface area contributed by atoms with Gasteiger partial charge in [-0.2, -0.15) is 0 Å². The third-order valence-corrected chi connectivity index (χ3v) is 6.32. The molecule has 4 nitrogen and oxygen atoms in total. The van der Waals surface area contributed by atoms with Gasteiger partial charge in [-0.15, -0.1) is 12.4 Å². The van der Waals surface area contributed by atoms with Crippen molar-refractivity contribution in [1.82, 2.24) is 5.32 Å². The van der Waals surface area contributed by atoms with Crippen LogP contribution in [0.15, 0.2) is 78.9 Å².